The number of likely N-dealkylation sites (tertiary alicyclic amines) is 1. The van der Waals surface area contributed by atoms with Gasteiger partial charge in [0, 0.05) is 13.1 Å². The van der Waals surface area contributed by atoms with Crippen LogP contribution in [0.4, 0.5) is 26.3 Å². The molecule has 1 saturated carbocycles. The van der Waals surface area contributed by atoms with Crippen LogP contribution in [-0.2, 0) is 28.7 Å². The van der Waals surface area contributed by atoms with Gasteiger partial charge in [-0.2, -0.15) is 26.3 Å². The Balaban J connectivity index is 1.42. The molecule has 1 aliphatic carbocycles. The third-order valence-electron chi connectivity index (χ3n) is 5.90. The molecule has 1 atom stereocenters. The first-order chi connectivity index (χ1) is 15.8. The van der Waals surface area contributed by atoms with Crippen LogP contribution >= 0.6 is 0 Å². The van der Waals surface area contributed by atoms with E-state index in [1.54, 1.807) is 0 Å². The van der Waals surface area contributed by atoms with Crippen LogP contribution in [0.2, 0.25) is 0 Å². The second-order valence-corrected chi connectivity index (χ2v) is 10.9. The van der Waals surface area contributed by atoms with Crippen LogP contribution in [0.1, 0.15) is 36.0 Å². The van der Waals surface area contributed by atoms with Crippen molar-refractivity contribution in [3.63, 3.8) is 0 Å². The molecule has 0 bridgehead atoms. The lowest BCUT2D eigenvalue weighted by Gasteiger charge is -2.17. The molecular weight excluding hydrogens is 484 g/mol. The molecule has 0 amide bonds. The minimum atomic E-state index is -5.10. The molecule has 0 spiro atoms. The highest BCUT2D eigenvalue weighted by Gasteiger charge is 2.39. The first-order valence-electron chi connectivity index (χ1n) is 10.8. The molecule has 186 valence electrons. The van der Waals surface area contributed by atoms with E-state index < -0.39 is 49.9 Å². The van der Waals surface area contributed by atoms with Crippen molar-refractivity contribution in [1.29, 1.82) is 0 Å². The lowest BCUT2D eigenvalue weighted by Crippen LogP contribution is -2.23. The van der Waals surface area contributed by atoms with Gasteiger partial charge >= 0.3 is 12.4 Å². The summed E-state index contributed by atoms with van der Waals surface area (Å²) in [6.07, 6.45) is -7.33. The van der Waals surface area contributed by atoms with Crippen molar-refractivity contribution >= 4 is 9.84 Å². The van der Waals surface area contributed by atoms with Crippen LogP contribution in [0, 0.1) is 5.92 Å². The maximum absolute atomic E-state index is 13.1. The average Bonchev–Trinajstić information content (AvgIpc) is 3.45. The van der Waals surface area contributed by atoms with E-state index in [2.05, 4.69) is 0 Å². The largest absolute Gasteiger partial charge is 0.490 e. The Hall–Kier alpha value is -2.27. The number of ether oxygens (including phenoxy) is 1. The average molecular weight is 507 g/mol. The molecule has 1 aliphatic heterocycles. The summed E-state index contributed by atoms with van der Waals surface area (Å²) in [5, 5.41) is 0. The number of halogens is 6. The lowest BCUT2D eigenvalue weighted by molar-refractivity contribution is -0.143. The Bertz CT molecular complexity index is 1090. The molecule has 1 heterocycles. The van der Waals surface area contributed by atoms with E-state index in [1.165, 1.54) is 0 Å². The second kappa shape index (κ2) is 9.07. The maximum Gasteiger partial charge on any atom is 0.416 e. The van der Waals surface area contributed by atoms with E-state index in [1.807, 2.05) is 29.2 Å². The summed E-state index contributed by atoms with van der Waals surface area (Å²) < 4.78 is 110. The molecule has 4 rings (SSSR count). The van der Waals surface area contributed by atoms with Crippen molar-refractivity contribution in [2.75, 3.05) is 18.8 Å². The van der Waals surface area contributed by atoms with Crippen molar-refractivity contribution in [3.8, 4) is 5.75 Å². The fourth-order valence-electron chi connectivity index (χ4n) is 4.01. The third-order valence-corrected chi connectivity index (χ3v) is 7.77. The minimum Gasteiger partial charge on any atom is -0.490 e. The molecule has 0 unspecified atom stereocenters. The highest BCUT2D eigenvalue weighted by molar-refractivity contribution is 7.91. The monoisotopic (exact) mass is 507 g/mol. The van der Waals surface area contributed by atoms with Crippen molar-refractivity contribution in [2.45, 2.75) is 49.2 Å². The van der Waals surface area contributed by atoms with E-state index >= 15 is 0 Å². The molecule has 0 radical (unpaired) electrons. The van der Waals surface area contributed by atoms with E-state index in [9.17, 15) is 34.8 Å². The fraction of sp³-hybridized carbons (Fsp3) is 0.478. The first kappa shape index (κ1) is 24.8. The predicted molar refractivity (Wildman–Crippen MR) is 112 cm³/mol. The SMILES string of the molecule is O=S(=O)(C[C@@H]1CCN(Cc2ccc(OC3CC3)cc2)C1)c1cc(C(F)(F)F)cc(C(F)(F)F)c1. The van der Waals surface area contributed by atoms with Crippen molar-refractivity contribution < 1.29 is 39.5 Å². The standard InChI is InChI=1S/C23H23F6NO3S/c24-22(25,26)17-9-18(23(27,28)29)11-21(10-17)34(31,32)14-16-7-8-30(13-16)12-15-1-3-19(4-2-15)33-20-5-6-20/h1-4,9-11,16,20H,5-8,12-14H2/t16-/m1/s1. The molecule has 2 fully saturated rings. The van der Waals surface area contributed by atoms with Gasteiger partial charge in [0.15, 0.2) is 9.84 Å². The smallest absolute Gasteiger partial charge is 0.416 e. The number of hydrogen-bond donors (Lipinski definition) is 0. The molecular formula is C23H23F6NO3S. The minimum absolute atomic E-state index is 0.0721. The summed E-state index contributed by atoms with van der Waals surface area (Å²) in [4.78, 5) is 1.06. The van der Waals surface area contributed by atoms with Gasteiger partial charge in [-0.3, -0.25) is 4.90 Å². The summed E-state index contributed by atoms with van der Waals surface area (Å²) >= 11 is 0. The zero-order valence-electron chi connectivity index (χ0n) is 18.0. The van der Waals surface area contributed by atoms with E-state index in [4.69, 9.17) is 4.74 Å². The molecule has 1 saturated heterocycles. The topological polar surface area (TPSA) is 46.6 Å². The Morgan fingerprint density at radius 2 is 1.47 bits per heavy atom. The van der Waals surface area contributed by atoms with Gasteiger partial charge in [-0.15, -0.1) is 0 Å². The normalized spacial score (nSPS) is 20.0. The number of benzene rings is 2. The van der Waals surface area contributed by atoms with Gasteiger partial charge in [0.1, 0.15) is 5.75 Å². The summed E-state index contributed by atoms with van der Waals surface area (Å²) in [5.74, 6) is -0.127. The number of alkyl halides is 6. The highest BCUT2D eigenvalue weighted by atomic mass is 32.2. The zero-order valence-corrected chi connectivity index (χ0v) is 18.8. The van der Waals surface area contributed by atoms with Gasteiger partial charge in [0.2, 0.25) is 0 Å². The number of rotatable bonds is 7. The van der Waals surface area contributed by atoms with E-state index in [0.717, 1.165) is 24.2 Å². The molecule has 2 aromatic rings. The summed E-state index contributed by atoms with van der Waals surface area (Å²) in [6.45, 7) is 1.52. The van der Waals surface area contributed by atoms with Crippen LogP contribution < -0.4 is 4.74 Å². The predicted octanol–water partition coefficient (Wildman–Crippen LogP) is 5.56. The molecule has 11 heteroatoms. The molecule has 2 aromatic carbocycles. The van der Waals surface area contributed by atoms with Crippen molar-refractivity contribution in [1.82, 2.24) is 4.90 Å². The molecule has 0 aromatic heterocycles. The Kier molecular flexibility index (Phi) is 6.63. The van der Waals surface area contributed by atoms with Crippen molar-refractivity contribution in [3.05, 3.63) is 59.2 Å². The Labute approximate surface area is 193 Å². The van der Waals surface area contributed by atoms with Crippen LogP contribution in [0.25, 0.3) is 0 Å². The van der Waals surface area contributed by atoms with Gasteiger partial charge in [0.05, 0.1) is 27.9 Å². The fourth-order valence-corrected chi connectivity index (χ4v) is 5.71. The van der Waals surface area contributed by atoms with E-state index in [-0.39, 0.29) is 24.3 Å². The van der Waals surface area contributed by atoms with Crippen molar-refractivity contribution in [2.24, 2.45) is 5.92 Å². The number of nitrogens with zero attached hydrogens (tertiary/aromatic N) is 1. The lowest BCUT2D eigenvalue weighted by atomic mass is 10.1. The van der Waals surface area contributed by atoms with Crippen LogP contribution in [0.5, 0.6) is 5.75 Å². The molecule has 34 heavy (non-hydrogen) atoms. The highest BCUT2D eigenvalue weighted by Crippen LogP contribution is 2.38. The molecule has 2 aliphatic rings. The van der Waals surface area contributed by atoms with Gasteiger partial charge < -0.3 is 4.74 Å². The maximum atomic E-state index is 13.1. The summed E-state index contributed by atoms with van der Waals surface area (Å²) in [6, 6.07) is 8.07. The summed E-state index contributed by atoms with van der Waals surface area (Å²) in [5.41, 5.74) is -2.27. The summed E-state index contributed by atoms with van der Waals surface area (Å²) in [7, 11) is -4.36. The number of sulfone groups is 1. The van der Waals surface area contributed by atoms with Crippen LogP contribution in [0.15, 0.2) is 47.4 Å². The Morgan fingerprint density at radius 1 is 0.882 bits per heavy atom. The molecule has 4 nitrogen and oxygen atoms in total. The third kappa shape index (κ3) is 6.24. The first-order valence-corrected chi connectivity index (χ1v) is 12.4. The zero-order chi connectivity index (χ0) is 24.7. The Morgan fingerprint density at radius 3 is 2.00 bits per heavy atom. The van der Waals surface area contributed by atoms with Gasteiger partial charge in [-0.05, 0) is 67.6 Å². The molecule has 0 N–H and O–H groups in total. The van der Waals surface area contributed by atoms with Crippen LogP contribution in [-0.4, -0.2) is 38.3 Å². The van der Waals surface area contributed by atoms with E-state index in [0.29, 0.717) is 26.1 Å². The second-order valence-electron chi connectivity index (χ2n) is 8.87. The van der Waals surface area contributed by atoms with Gasteiger partial charge in [-0.1, -0.05) is 12.1 Å². The van der Waals surface area contributed by atoms with Crippen LogP contribution in [0.3, 0.4) is 0 Å². The quantitative estimate of drug-likeness (QED) is 0.461. The van der Waals surface area contributed by atoms with Gasteiger partial charge in [-0.25, -0.2) is 8.42 Å². The van der Waals surface area contributed by atoms with Gasteiger partial charge in [0.25, 0.3) is 0 Å². The number of hydrogen-bond acceptors (Lipinski definition) is 4.